The zero-order valence-corrected chi connectivity index (χ0v) is 17.9. The number of hydrogen-bond donors (Lipinski definition) is 1. The largest absolute Gasteiger partial charge is 0.460 e. The normalized spacial score (nSPS) is 22.9. The number of likely N-dealkylation sites (tertiary alicyclic amines) is 1. The van der Waals surface area contributed by atoms with E-state index in [-0.39, 0.29) is 17.5 Å². The predicted molar refractivity (Wildman–Crippen MR) is 113 cm³/mol. The lowest BCUT2D eigenvalue weighted by molar-refractivity contribution is -0.157. The van der Waals surface area contributed by atoms with Crippen LogP contribution in [0.1, 0.15) is 51.5 Å². The van der Waals surface area contributed by atoms with Gasteiger partial charge in [0.05, 0.1) is 11.1 Å². The third-order valence-electron chi connectivity index (χ3n) is 7.08. The van der Waals surface area contributed by atoms with Gasteiger partial charge in [0.15, 0.2) is 0 Å². The van der Waals surface area contributed by atoms with Gasteiger partial charge in [-0.05, 0) is 76.6 Å². The van der Waals surface area contributed by atoms with Crippen LogP contribution in [0, 0.1) is 5.92 Å². The minimum absolute atomic E-state index is 0.183. The van der Waals surface area contributed by atoms with Crippen molar-refractivity contribution < 1.29 is 19.1 Å². The minimum Gasteiger partial charge on any atom is -0.460 e. The fourth-order valence-corrected chi connectivity index (χ4v) is 4.96. The number of nitrogens with zero attached hydrogens (tertiary/aromatic N) is 2. The Kier molecular flexibility index (Phi) is 5.57. The highest BCUT2D eigenvalue weighted by atomic mass is 16.5. The first-order valence-corrected chi connectivity index (χ1v) is 10.9. The molecule has 162 valence electrons. The van der Waals surface area contributed by atoms with Gasteiger partial charge in [0, 0.05) is 13.1 Å². The molecule has 7 heteroatoms. The molecule has 30 heavy (non-hydrogen) atoms. The van der Waals surface area contributed by atoms with Crippen molar-refractivity contribution in [3.63, 3.8) is 0 Å². The lowest BCUT2D eigenvalue weighted by Gasteiger charge is -2.44. The molecule has 1 saturated heterocycles. The van der Waals surface area contributed by atoms with E-state index in [0.717, 1.165) is 57.3 Å². The van der Waals surface area contributed by atoms with Crippen molar-refractivity contribution in [2.45, 2.75) is 57.0 Å². The third kappa shape index (κ3) is 3.71. The van der Waals surface area contributed by atoms with Crippen molar-refractivity contribution in [2.24, 2.45) is 5.92 Å². The van der Waals surface area contributed by atoms with Gasteiger partial charge in [0.1, 0.15) is 5.60 Å². The van der Waals surface area contributed by atoms with Crippen molar-refractivity contribution in [3.05, 3.63) is 29.8 Å². The molecule has 3 amide bonds. The fraction of sp³-hybridized carbons (Fsp3) is 0.609. The number of benzene rings is 1. The minimum atomic E-state index is -0.694. The van der Waals surface area contributed by atoms with Crippen LogP contribution in [0.15, 0.2) is 24.3 Å². The summed E-state index contributed by atoms with van der Waals surface area (Å²) in [6.07, 6.45) is 4.97. The second-order valence-corrected chi connectivity index (χ2v) is 9.44. The van der Waals surface area contributed by atoms with Crippen LogP contribution in [-0.4, -0.2) is 55.1 Å². The Morgan fingerprint density at radius 3 is 2.57 bits per heavy atom. The van der Waals surface area contributed by atoms with E-state index in [2.05, 4.69) is 10.2 Å². The second-order valence-electron chi connectivity index (χ2n) is 9.44. The summed E-state index contributed by atoms with van der Waals surface area (Å²) in [7, 11) is 0. The van der Waals surface area contributed by atoms with Gasteiger partial charge in [-0.15, -0.1) is 0 Å². The number of hydrogen-bond acceptors (Lipinski definition) is 5. The molecule has 1 N–H and O–H groups in total. The predicted octanol–water partition coefficient (Wildman–Crippen LogP) is 2.83. The molecule has 1 aromatic carbocycles. The smallest absolute Gasteiger partial charge is 0.328 e. The Morgan fingerprint density at radius 2 is 1.93 bits per heavy atom. The number of fused-ring (bicyclic) bond motifs is 1. The SMILES string of the molecule is CC1(C)C(=O)N(C(=O)NCC2CCN(CC3(OC=O)CCC3)CC2)c2ccccc21. The molecule has 2 heterocycles. The number of urea groups is 1. The van der Waals surface area contributed by atoms with E-state index in [1.807, 2.05) is 38.1 Å². The molecule has 0 unspecified atom stereocenters. The number of rotatable bonds is 6. The Hall–Kier alpha value is -2.41. The van der Waals surface area contributed by atoms with E-state index < -0.39 is 5.41 Å². The quantitative estimate of drug-likeness (QED) is 0.726. The highest BCUT2D eigenvalue weighted by Crippen LogP contribution is 2.41. The molecule has 7 nitrogen and oxygen atoms in total. The van der Waals surface area contributed by atoms with Crippen LogP contribution in [-0.2, 0) is 19.7 Å². The van der Waals surface area contributed by atoms with Crippen LogP contribution in [0.3, 0.4) is 0 Å². The van der Waals surface area contributed by atoms with Gasteiger partial charge >= 0.3 is 6.03 Å². The van der Waals surface area contributed by atoms with Gasteiger partial charge in [-0.3, -0.25) is 14.5 Å². The molecular formula is C23H31N3O4. The number of anilines is 1. The Morgan fingerprint density at radius 1 is 1.23 bits per heavy atom. The number of amides is 3. The third-order valence-corrected chi connectivity index (χ3v) is 7.08. The standard InChI is InChI=1S/C23H31N3O4/c1-22(2)18-6-3-4-7-19(18)26(20(22)28)21(29)24-14-17-8-12-25(13-9-17)15-23(30-16-27)10-5-11-23/h3-4,6-7,16-17H,5,8-15H2,1-2H3,(H,24,29). The van der Waals surface area contributed by atoms with Crippen molar-refractivity contribution in [2.75, 3.05) is 31.1 Å². The Bertz CT molecular complexity index is 825. The fourth-order valence-electron chi connectivity index (χ4n) is 4.96. The summed E-state index contributed by atoms with van der Waals surface area (Å²) in [6, 6.07) is 7.16. The summed E-state index contributed by atoms with van der Waals surface area (Å²) in [5.74, 6) is 0.201. The van der Waals surface area contributed by atoms with E-state index in [4.69, 9.17) is 4.74 Å². The van der Waals surface area contributed by atoms with E-state index >= 15 is 0 Å². The van der Waals surface area contributed by atoms with Gasteiger partial charge in [0.25, 0.3) is 6.47 Å². The second kappa shape index (κ2) is 8.02. The van der Waals surface area contributed by atoms with E-state index in [1.54, 1.807) is 0 Å². The molecule has 0 bridgehead atoms. The highest BCUT2D eigenvalue weighted by molar-refractivity contribution is 6.22. The first kappa shape index (κ1) is 20.8. The average molecular weight is 414 g/mol. The highest BCUT2D eigenvalue weighted by Gasteiger charge is 2.46. The maximum absolute atomic E-state index is 12.9. The Balaban J connectivity index is 1.29. The molecule has 0 spiro atoms. The zero-order valence-electron chi connectivity index (χ0n) is 17.9. The number of imide groups is 1. The summed E-state index contributed by atoms with van der Waals surface area (Å²) < 4.78 is 5.37. The molecule has 0 atom stereocenters. The number of carbonyl (C=O) groups is 3. The number of nitrogens with one attached hydrogen (secondary N) is 1. The zero-order chi connectivity index (χ0) is 21.4. The summed E-state index contributed by atoms with van der Waals surface area (Å²) in [6.45, 7) is 7.54. The van der Waals surface area contributed by atoms with Crippen LogP contribution in [0.5, 0.6) is 0 Å². The lowest BCUT2D eigenvalue weighted by atomic mass is 9.79. The molecule has 4 rings (SSSR count). The van der Waals surface area contributed by atoms with Gasteiger partial charge < -0.3 is 10.1 Å². The molecule has 3 aliphatic rings. The summed E-state index contributed by atoms with van der Waals surface area (Å²) in [4.78, 5) is 40.2. The van der Waals surface area contributed by atoms with Crippen LogP contribution in [0.4, 0.5) is 10.5 Å². The van der Waals surface area contributed by atoms with Gasteiger partial charge in [0.2, 0.25) is 5.91 Å². The summed E-state index contributed by atoms with van der Waals surface area (Å²) in [5, 5.41) is 2.99. The molecule has 2 aliphatic heterocycles. The van der Waals surface area contributed by atoms with Gasteiger partial charge in [-0.25, -0.2) is 9.69 Å². The maximum atomic E-state index is 12.9. The first-order chi connectivity index (χ1) is 14.4. The molecule has 0 radical (unpaired) electrons. The summed E-state index contributed by atoms with van der Waals surface area (Å²) in [5.41, 5.74) is 0.598. The molecule has 1 saturated carbocycles. The number of para-hydroxylation sites is 1. The van der Waals surface area contributed by atoms with Crippen molar-refractivity contribution in [1.29, 1.82) is 0 Å². The molecule has 2 fully saturated rings. The topological polar surface area (TPSA) is 79.0 Å². The average Bonchev–Trinajstić information content (AvgIpc) is 2.92. The van der Waals surface area contributed by atoms with E-state index in [9.17, 15) is 14.4 Å². The van der Waals surface area contributed by atoms with E-state index in [1.165, 1.54) is 4.90 Å². The number of piperidine rings is 1. The molecular weight excluding hydrogens is 382 g/mol. The van der Waals surface area contributed by atoms with Gasteiger partial charge in [-0.2, -0.15) is 0 Å². The van der Waals surface area contributed by atoms with Crippen molar-refractivity contribution >= 4 is 24.1 Å². The van der Waals surface area contributed by atoms with E-state index in [0.29, 0.717) is 24.6 Å². The molecule has 1 aromatic rings. The van der Waals surface area contributed by atoms with Crippen LogP contribution in [0.25, 0.3) is 0 Å². The van der Waals surface area contributed by atoms with Crippen molar-refractivity contribution in [3.8, 4) is 0 Å². The van der Waals surface area contributed by atoms with Gasteiger partial charge in [-0.1, -0.05) is 18.2 Å². The summed E-state index contributed by atoms with van der Waals surface area (Å²) >= 11 is 0. The Labute approximate surface area is 177 Å². The van der Waals surface area contributed by atoms with Crippen LogP contribution in [0.2, 0.25) is 0 Å². The monoisotopic (exact) mass is 413 g/mol. The number of ether oxygens (including phenoxy) is 1. The lowest BCUT2D eigenvalue weighted by Crippen LogP contribution is -2.52. The van der Waals surface area contributed by atoms with Crippen molar-refractivity contribution in [1.82, 2.24) is 10.2 Å². The number of carbonyl (C=O) groups excluding carboxylic acids is 3. The maximum Gasteiger partial charge on any atom is 0.328 e. The van der Waals surface area contributed by atoms with Crippen LogP contribution < -0.4 is 10.2 Å². The van der Waals surface area contributed by atoms with Crippen LogP contribution >= 0.6 is 0 Å². The first-order valence-electron chi connectivity index (χ1n) is 10.9. The molecule has 0 aromatic heterocycles. The molecule has 1 aliphatic carbocycles.